The first kappa shape index (κ1) is 14.4. The SMILES string of the molecule is Cc1nnc(SC2CCCC(CO)(NC3CC3)C2)n1C. The topological polar surface area (TPSA) is 63.0 Å². The van der Waals surface area contributed by atoms with Gasteiger partial charge in [0.1, 0.15) is 5.82 Å². The molecule has 2 saturated carbocycles. The molecule has 2 atom stereocenters. The fourth-order valence-electron chi connectivity index (χ4n) is 3.03. The summed E-state index contributed by atoms with van der Waals surface area (Å²) >= 11 is 1.82. The molecular weight excluding hydrogens is 272 g/mol. The van der Waals surface area contributed by atoms with Gasteiger partial charge in [-0.05, 0) is 39.0 Å². The summed E-state index contributed by atoms with van der Waals surface area (Å²) in [5.74, 6) is 0.952. The molecule has 0 radical (unpaired) electrons. The molecule has 0 amide bonds. The first-order valence-corrected chi connectivity index (χ1v) is 8.41. The molecule has 20 heavy (non-hydrogen) atoms. The molecule has 0 aromatic carbocycles. The van der Waals surface area contributed by atoms with E-state index >= 15 is 0 Å². The molecular formula is C14H24N4OS. The van der Waals surface area contributed by atoms with E-state index in [1.54, 1.807) is 0 Å². The lowest BCUT2D eigenvalue weighted by molar-refractivity contribution is 0.121. The highest BCUT2D eigenvalue weighted by Crippen LogP contribution is 2.39. The minimum Gasteiger partial charge on any atom is -0.394 e. The van der Waals surface area contributed by atoms with E-state index in [1.807, 2.05) is 30.3 Å². The van der Waals surface area contributed by atoms with Gasteiger partial charge in [-0.3, -0.25) is 0 Å². The summed E-state index contributed by atoms with van der Waals surface area (Å²) in [5, 5.41) is 23.4. The Morgan fingerprint density at radius 2 is 2.20 bits per heavy atom. The fraction of sp³-hybridized carbons (Fsp3) is 0.857. The number of nitrogens with zero attached hydrogens (tertiary/aromatic N) is 3. The Hall–Kier alpha value is -0.590. The summed E-state index contributed by atoms with van der Waals surface area (Å²) in [4.78, 5) is 0. The molecule has 1 aromatic rings. The molecule has 2 fully saturated rings. The molecule has 112 valence electrons. The van der Waals surface area contributed by atoms with Crippen LogP contribution in [0.2, 0.25) is 0 Å². The van der Waals surface area contributed by atoms with Crippen molar-refractivity contribution in [3.05, 3.63) is 5.82 Å². The van der Waals surface area contributed by atoms with Crippen LogP contribution in [0.25, 0.3) is 0 Å². The molecule has 0 spiro atoms. The third kappa shape index (κ3) is 3.02. The summed E-state index contributed by atoms with van der Waals surface area (Å²) in [6.07, 6.45) is 7.02. The Bertz CT molecular complexity index is 474. The lowest BCUT2D eigenvalue weighted by Crippen LogP contribution is -2.53. The molecule has 6 heteroatoms. The lowest BCUT2D eigenvalue weighted by atomic mass is 9.82. The van der Waals surface area contributed by atoms with Gasteiger partial charge in [0.15, 0.2) is 5.16 Å². The van der Waals surface area contributed by atoms with Crippen LogP contribution in [0.15, 0.2) is 5.16 Å². The van der Waals surface area contributed by atoms with Crippen LogP contribution in [0.4, 0.5) is 0 Å². The highest BCUT2D eigenvalue weighted by atomic mass is 32.2. The summed E-state index contributed by atoms with van der Waals surface area (Å²) in [6, 6.07) is 0.642. The molecule has 2 unspecified atom stereocenters. The predicted octanol–water partition coefficient (Wildman–Crippen LogP) is 1.64. The zero-order chi connectivity index (χ0) is 14.2. The minimum atomic E-state index is -0.0648. The van der Waals surface area contributed by atoms with Crippen LogP contribution >= 0.6 is 11.8 Å². The number of hydrogen-bond acceptors (Lipinski definition) is 5. The van der Waals surface area contributed by atoms with E-state index in [0.29, 0.717) is 11.3 Å². The Morgan fingerprint density at radius 1 is 1.40 bits per heavy atom. The summed E-state index contributed by atoms with van der Waals surface area (Å²) < 4.78 is 2.05. The van der Waals surface area contributed by atoms with Crippen LogP contribution in [0, 0.1) is 6.92 Å². The summed E-state index contributed by atoms with van der Waals surface area (Å²) in [7, 11) is 2.02. The highest BCUT2D eigenvalue weighted by Gasteiger charge is 2.40. The van der Waals surface area contributed by atoms with Crippen molar-refractivity contribution >= 4 is 11.8 Å². The number of aliphatic hydroxyl groups is 1. The van der Waals surface area contributed by atoms with E-state index in [-0.39, 0.29) is 12.1 Å². The second-order valence-corrected chi connectivity index (χ2v) is 7.55. The lowest BCUT2D eigenvalue weighted by Gasteiger charge is -2.40. The highest BCUT2D eigenvalue weighted by molar-refractivity contribution is 7.99. The van der Waals surface area contributed by atoms with Crippen LogP contribution in [-0.2, 0) is 7.05 Å². The number of rotatable bonds is 5. The molecule has 2 aliphatic rings. The van der Waals surface area contributed by atoms with Crippen molar-refractivity contribution in [1.29, 1.82) is 0 Å². The van der Waals surface area contributed by atoms with Crippen molar-refractivity contribution in [3.63, 3.8) is 0 Å². The quantitative estimate of drug-likeness (QED) is 0.865. The van der Waals surface area contributed by atoms with Gasteiger partial charge in [0.25, 0.3) is 0 Å². The maximum Gasteiger partial charge on any atom is 0.191 e. The second-order valence-electron chi connectivity index (χ2n) is 6.28. The minimum absolute atomic E-state index is 0.0648. The predicted molar refractivity (Wildman–Crippen MR) is 79.8 cm³/mol. The molecule has 2 N–H and O–H groups in total. The first-order chi connectivity index (χ1) is 9.62. The molecule has 0 bridgehead atoms. The van der Waals surface area contributed by atoms with E-state index in [9.17, 15) is 5.11 Å². The van der Waals surface area contributed by atoms with Crippen molar-refractivity contribution in [1.82, 2.24) is 20.1 Å². The van der Waals surface area contributed by atoms with Gasteiger partial charge in [0.05, 0.1) is 6.61 Å². The zero-order valence-corrected chi connectivity index (χ0v) is 13.1. The Kier molecular flexibility index (Phi) is 4.06. The van der Waals surface area contributed by atoms with Crippen LogP contribution in [0.3, 0.4) is 0 Å². The van der Waals surface area contributed by atoms with E-state index in [1.165, 1.54) is 25.7 Å². The number of thioether (sulfide) groups is 1. The third-order valence-electron chi connectivity index (χ3n) is 4.51. The van der Waals surface area contributed by atoms with Crippen molar-refractivity contribution in [2.45, 2.75) is 67.4 Å². The first-order valence-electron chi connectivity index (χ1n) is 7.53. The molecule has 5 nitrogen and oxygen atoms in total. The molecule has 1 heterocycles. The van der Waals surface area contributed by atoms with Gasteiger partial charge in [-0.15, -0.1) is 10.2 Å². The van der Waals surface area contributed by atoms with E-state index in [4.69, 9.17) is 0 Å². The van der Waals surface area contributed by atoms with Gasteiger partial charge < -0.3 is 15.0 Å². The van der Waals surface area contributed by atoms with Gasteiger partial charge in [-0.1, -0.05) is 18.2 Å². The van der Waals surface area contributed by atoms with E-state index in [2.05, 4.69) is 15.5 Å². The van der Waals surface area contributed by atoms with Crippen LogP contribution in [0.1, 0.15) is 44.3 Å². The number of aliphatic hydroxyl groups excluding tert-OH is 1. The maximum atomic E-state index is 9.86. The van der Waals surface area contributed by atoms with E-state index < -0.39 is 0 Å². The monoisotopic (exact) mass is 296 g/mol. The van der Waals surface area contributed by atoms with Gasteiger partial charge >= 0.3 is 0 Å². The molecule has 0 aliphatic heterocycles. The van der Waals surface area contributed by atoms with Crippen LogP contribution in [0.5, 0.6) is 0 Å². The molecule has 1 aromatic heterocycles. The number of aryl methyl sites for hydroxylation is 1. The second kappa shape index (κ2) is 5.66. The van der Waals surface area contributed by atoms with Crippen molar-refractivity contribution < 1.29 is 5.11 Å². The Balaban J connectivity index is 1.66. The van der Waals surface area contributed by atoms with Crippen molar-refractivity contribution in [2.24, 2.45) is 7.05 Å². The Labute approximate surface area is 124 Å². The normalized spacial score (nSPS) is 30.6. The standard InChI is InChI=1S/C14H24N4OS/c1-10-16-17-13(18(10)2)20-12-4-3-7-14(8-12,9-19)15-11-5-6-11/h11-12,15,19H,3-9H2,1-2H3. The molecule has 0 saturated heterocycles. The van der Waals surface area contributed by atoms with Gasteiger partial charge in [-0.2, -0.15) is 0 Å². The fourth-order valence-corrected chi connectivity index (χ4v) is 4.39. The van der Waals surface area contributed by atoms with Crippen molar-refractivity contribution in [3.8, 4) is 0 Å². The van der Waals surface area contributed by atoms with Crippen LogP contribution < -0.4 is 5.32 Å². The average Bonchev–Trinajstić information content (AvgIpc) is 3.20. The molecule has 2 aliphatic carbocycles. The largest absolute Gasteiger partial charge is 0.394 e. The smallest absolute Gasteiger partial charge is 0.191 e. The van der Waals surface area contributed by atoms with E-state index in [0.717, 1.165) is 23.8 Å². The van der Waals surface area contributed by atoms with Gasteiger partial charge in [0, 0.05) is 23.9 Å². The Morgan fingerprint density at radius 3 is 2.80 bits per heavy atom. The molecule has 3 rings (SSSR count). The van der Waals surface area contributed by atoms with Crippen molar-refractivity contribution in [2.75, 3.05) is 6.61 Å². The summed E-state index contributed by atoms with van der Waals surface area (Å²) in [5.41, 5.74) is -0.0648. The van der Waals surface area contributed by atoms with Crippen LogP contribution in [-0.4, -0.2) is 43.3 Å². The number of aromatic nitrogens is 3. The maximum absolute atomic E-state index is 9.86. The average molecular weight is 296 g/mol. The third-order valence-corrected chi connectivity index (χ3v) is 5.82. The van der Waals surface area contributed by atoms with Gasteiger partial charge in [0.2, 0.25) is 0 Å². The summed E-state index contributed by atoms with van der Waals surface area (Å²) in [6.45, 7) is 2.23. The van der Waals surface area contributed by atoms with Gasteiger partial charge in [-0.25, -0.2) is 0 Å². The zero-order valence-electron chi connectivity index (χ0n) is 12.3. The number of hydrogen-bond donors (Lipinski definition) is 2. The number of nitrogens with one attached hydrogen (secondary N) is 1.